The molecule has 0 spiro atoms. The highest BCUT2D eigenvalue weighted by molar-refractivity contribution is 5.79. The molecule has 2 aliphatic heterocycles. The maximum absolute atomic E-state index is 9.45. The number of hydrogen-bond acceptors (Lipinski definition) is 4. The van der Waals surface area contributed by atoms with Gasteiger partial charge in [0.05, 0.1) is 13.2 Å². The molecule has 2 heterocycles. The van der Waals surface area contributed by atoms with E-state index < -0.39 is 0 Å². The van der Waals surface area contributed by atoms with Crippen molar-refractivity contribution in [3.8, 4) is 0 Å². The van der Waals surface area contributed by atoms with Crippen molar-refractivity contribution in [2.45, 2.75) is 52.1 Å². The molecular formula is C23H38N4O2. The van der Waals surface area contributed by atoms with Crippen molar-refractivity contribution < 1.29 is 9.84 Å². The third-order valence-electron chi connectivity index (χ3n) is 6.41. The number of aliphatic hydroxyl groups excluding tert-OH is 1. The van der Waals surface area contributed by atoms with Crippen LogP contribution in [0.4, 0.5) is 0 Å². The molecular weight excluding hydrogens is 364 g/mol. The number of benzene rings is 1. The van der Waals surface area contributed by atoms with Gasteiger partial charge in [-0.1, -0.05) is 24.3 Å². The van der Waals surface area contributed by atoms with Crippen LogP contribution in [0.2, 0.25) is 0 Å². The third-order valence-corrected chi connectivity index (χ3v) is 6.41. The van der Waals surface area contributed by atoms with Crippen molar-refractivity contribution in [3.63, 3.8) is 0 Å². The van der Waals surface area contributed by atoms with Crippen LogP contribution in [0, 0.1) is 5.41 Å². The highest BCUT2D eigenvalue weighted by Gasteiger charge is 2.35. The standard InChI is InChI=1S/C23H38N4O2/c1-4-24-21(26-17-23(10-13-28)11-14-29-18-23)25-16-22(2,3)27-12-9-19-7-5-6-8-20(19)15-27/h5-8,28H,4,9-18H2,1-3H3,(H2,24,25,26). The molecule has 3 rings (SSSR count). The van der Waals surface area contributed by atoms with E-state index in [9.17, 15) is 5.11 Å². The number of fused-ring (bicyclic) bond motifs is 1. The summed E-state index contributed by atoms with van der Waals surface area (Å²) in [6, 6.07) is 8.77. The predicted molar refractivity (Wildman–Crippen MR) is 118 cm³/mol. The minimum absolute atomic E-state index is 0.0110. The summed E-state index contributed by atoms with van der Waals surface area (Å²) in [6.45, 7) is 12.7. The first kappa shape index (κ1) is 22.1. The number of guanidine groups is 1. The molecule has 6 nitrogen and oxygen atoms in total. The normalized spacial score (nSPS) is 23.1. The Kier molecular flexibility index (Phi) is 7.55. The second-order valence-electron chi connectivity index (χ2n) is 9.08. The topological polar surface area (TPSA) is 69.1 Å². The lowest BCUT2D eigenvalue weighted by molar-refractivity contribution is 0.111. The van der Waals surface area contributed by atoms with Crippen LogP contribution in [0.15, 0.2) is 29.3 Å². The van der Waals surface area contributed by atoms with Gasteiger partial charge in [0.2, 0.25) is 0 Å². The molecule has 0 bridgehead atoms. The summed E-state index contributed by atoms with van der Waals surface area (Å²) >= 11 is 0. The second-order valence-corrected chi connectivity index (χ2v) is 9.08. The van der Waals surface area contributed by atoms with Crippen LogP contribution in [0.3, 0.4) is 0 Å². The van der Waals surface area contributed by atoms with Crippen molar-refractivity contribution in [1.29, 1.82) is 0 Å². The Bertz CT molecular complexity index is 683. The molecule has 6 heteroatoms. The van der Waals surface area contributed by atoms with Crippen molar-refractivity contribution in [1.82, 2.24) is 15.5 Å². The van der Waals surface area contributed by atoms with E-state index in [1.54, 1.807) is 0 Å². The Hall–Kier alpha value is -1.63. The number of aliphatic imine (C=N–C) groups is 1. The third kappa shape index (κ3) is 5.71. The molecule has 1 unspecified atom stereocenters. The van der Waals surface area contributed by atoms with Gasteiger partial charge in [-0.2, -0.15) is 0 Å². The summed E-state index contributed by atoms with van der Waals surface area (Å²) in [5, 5.41) is 16.3. The van der Waals surface area contributed by atoms with Gasteiger partial charge in [-0.15, -0.1) is 0 Å². The van der Waals surface area contributed by atoms with Crippen LogP contribution >= 0.6 is 0 Å². The van der Waals surface area contributed by atoms with Crippen LogP contribution < -0.4 is 10.6 Å². The first-order chi connectivity index (χ1) is 14.0. The molecule has 1 aromatic carbocycles. The molecule has 0 amide bonds. The Morgan fingerprint density at radius 3 is 2.76 bits per heavy atom. The summed E-state index contributed by atoms with van der Waals surface area (Å²) in [7, 11) is 0. The first-order valence-corrected chi connectivity index (χ1v) is 11.0. The Balaban J connectivity index is 1.61. The summed E-state index contributed by atoms with van der Waals surface area (Å²) < 4.78 is 5.61. The zero-order chi connectivity index (χ0) is 20.7. The van der Waals surface area contributed by atoms with Crippen LogP contribution in [-0.4, -0.2) is 67.5 Å². The number of ether oxygens (including phenoxy) is 1. The highest BCUT2D eigenvalue weighted by atomic mass is 16.5. The summed E-state index contributed by atoms with van der Waals surface area (Å²) in [5.41, 5.74) is 2.91. The summed E-state index contributed by atoms with van der Waals surface area (Å²) in [6.07, 6.45) is 2.85. The average Bonchev–Trinajstić information content (AvgIpc) is 3.19. The molecule has 1 atom stereocenters. The second kappa shape index (κ2) is 9.92. The highest BCUT2D eigenvalue weighted by Crippen LogP contribution is 2.31. The van der Waals surface area contributed by atoms with Gasteiger partial charge < -0.3 is 20.5 Å². The maximum atomic E-state index is 9.45. The smallest absolute Gasteiger partial charge is 0.191 e. The first-order valence-electron chi connectivity index (χ1n) is 11.0. The monoisotopic (exact) mass is 402 g/mol. The lowest BCUT2D eigenvalue weighted by Crippen LogP contribution is -2.50. The van der Waals surface area contributed by atoms with E-state index in [2.05, 4.69) is 60.6 Å². The van der Waals surface area contributed by atoms with E-state index in [0.29, 0.717) is 6.61 Å². The molecule has 29 heavy (non-hydrogen) atoms. The molecule has 0 saturated carbocycles. The van der Waals surface area contributed by atoms with Crippen molar-refractivity contribution in [2.75, 3.05) is 46.0 Å². The van der Waals surface area contributed by atoms with Crippen LogP contribution in [-0.2, 0) is 17.7 Å². The minimum atomic E-state index is -0.0187. The quantitative estimate of drug-likeness (QED) is 0.459. The molecule has 0 aliphatic carbocycles. The summed E-state index contributed by atoms with van der Waals surface area (Å²) in [4.78, 5) is 7.46. The molecule has 1 aromatic rings. The zero-order valence-corrected chi connectivity index (χ0v) is 18.3. The summed E-state index contributed by atoms with van der Waals surface area (Å²) in [5.74, 6) is 0.849. The van der Waals surface area contributed by atoms with E-state index in [1.807, 2.05) is 0 Å². The molecule has 3 N–H and O–H groups in total. The fraction of sp³-hybridized carbons (Fsp3) is 0.696. The van der Waals surface area contributed by atoms with Crippen molar-refractivity contribution in [2.24, 2.45) is 10.4 Å². The predicted octanol–water partition coefficient (Wildman–Crippen LogP) is 2.17. The lowest BCUT2D eigenvalue weighted by atomic mass is 9.84. The Morgan fingerprint density at radius 2 is 2.07 bits per heavy atom. The Labute approximate surface area is 175 Å². The SMILES string of the molecule is CCNC(=NCC(C)(C)N1CCc2ccccc2C1)NCC1(CCO)CCOC1. The van der Waals surface area contributed by atoms with E-state index in [0.717, 1.165) is 64.6 Å². The molecule has 1 saturated heterocycles. The van der Waals surface area contributed by atoms with Gasteiger partial charge in [0.25, 0.3) is 0 Å². The van der Waals surface area contributed by atoms with E-state index in [1.165, 1.54) is 11.1 Å². The van der Waals surface area contributed by atoms with E-state index in [4.69, 9.17) is 9.73 Å². The molecule has 0 aromatic heterocycles. The number of nitrogens with one attached hydrogen (secondary N) is 2. The van der Waals surface area contributed by atoms with Crippen LogP contribution in [0.1, 0.15) is 44.7 Å². The van der Waals surface area contributed by atoms with Crippen molar-refractivity contribution >= 4 is 5.96 Å². The average molecular weight is 403 g/mol. The van der Waals surface area contributed by atoms with Crippen LogP contribution in [0.5, 0.6) is 0 Å². The molecule has 1 fully saturated rings. The van der Waals surface area contributed by atoms with Gasteiger partial charge in [0, 0.05) is 50.3 Å². The minimum Gasteiger partial charge on any atom is -0.396 e. The van der Waals surface area contributed by atoms with E-state index >= 15 is 0 Å². The fourth-order valence-corrected chi connectivity index (χ4v) is 4.31. The van der Waals surface area contributed by atoms with Gasteiger partial charge in [-0.25, -0.2) is 0 Å². The Morgan fingerprint density at radius 1 is 1.28 bits per heavy atom. The molecule has 2 aliphatic rings. The number of aliphatic hydroxyl groups is 1. The van der Waals surface area contributed by atoms with Crippen molar-refractivity contribution in [3.05, 3.63) is 35.4 Å². The van der Waals surface area contributed by atoms with Gasteiger partial charge in [0.15, 0.2) is 5.96 Å². The zero-order valence-electron chi connectivity index (χ0n) is 18.3. The lowest BCUT2D eigenvalue weighted by Gasteiger charge is -2.41. The van der Waals surface area contributed by atoms with Crippen LogP contribution in [0.25, 0.3) is 0 Å². The number of rotatable bonds is 8. The number of nitrogens with zero attached hydrogens (tertiary/aromatic N) is 2. The number of hydrogen-bond donors (Lipinski definition) is 3. The maximum Gasteiger partial charge on any atom is 0.191 e. The van der Waals surface area contributed by atoms with E-state index in [-0.39, 0.29) is 17.6 Å². The van der Waals surface area contributed by atoms with Gasteiger partial charge in [-0.3, -0.25) is 9.89 Å². The fourth-order valence-electron chi connectivity index (χ4n) is 4.31. The largest absolute Gasteiger partial charge is 0.396 e. The van der Waals surface area contributed by atoms with Gasteiger partial charge in [-0.05, 0) is 51.2 Å². The molecule has 162 valence electrons. The van der Waals surface area contributed by atoms with Gasteiger partial charge >= 0.3 is 0 Å². The van der Waals surface area contributed by atoms with Gasteiger partial charge in [0.1, 0.15) is 0 Å². The molecule has 0 radical (unpaired) electrons.